The predicted molar refractivity (Wildman–Crippen MR) is 150 cm³/mol. The minimum Gasteiger partial charge on any atom is -0.322 e. The molecule has 0 radical (unpaired) electrons. The Labute approximate surface area is 237 Å². The highest BCUT2D eigenvalue weighted by molar-refractivity contribution is 7.86. The number of halogens is 3. The molecule has 8 nitrogen and oxygen atoms in total. The number of rotatable bonds is 10. The van der Waals surface area contributed by atoms with Crippen LogP contribution in [-0.2, 0) is 45.4 Å². The van der Waals surface area contributed by atoms with E-state index < -0.39 is 29.9 Å². The standard InChI is InChI=1S/C25H24Cl3NO7S2/c1-37(31,32)35-14-13-18-15-21(12-9-19(18)16-36-38(2,33)34)29-24(30)23-6-4-3-5-22(23)17-7-10-20(11-8-17)25(26,27)28/h3-12,15H,13-14,16H2,1-2H3,(H,29,30). The molecule has 0 bridgehead atoms. The van der Waals surface area contributed by atoms with E-state index in [0.717, 1.165) is 18.1 Å². The van der Waals surface area contributed by atoms with Crippen molar-refractivity contribution in [2.24, 2.45) is 0 Å². The van der Waals surface area contributed by atoms with Crippen molar-refractivity contribution in [3.05, 3.63) is 89.0 Å². The first-order valence-corrected chi connectivity index (χ1v) is 15.8. The van der Waals surface area contributed by atoms with Crippen molar-refractivity contribution < 1.29 is 30.0 Å². The first kappa shape index (κ1) is 30.4. The third-order valence-corrected chi connectivity index (χ3v) is 7.05. The van der Waals surface area contributed by atoms with Crippen LogP contribution in [0.5, 0.6) is 0 Å². The van der Waals surface area contributed by atoms with Gasteiger partial charge in [-0.2, -0.15) is 16.8 Å². The van der Waals surface area contributed by atoms with Crippen molar-refractivity contribution in [2.75, 3.05) is 24.4 Å². The van der Waals surface area contributed by atoms with E-state index in [2.05, 4.69) is 5.32 Å². The van der Waals surface area contributed by atoms with Gasteiger partial charge in [0, 0.05) is 16.8 Å². The zero-order valence-electron chi connectivity index (χ0n) is 20.3. The molecule has 3 rings (SSSR count). The second-order valence-electron chi connectivity index (χ2n) is 8.30. The van der Waals surface area contributed by atoms with Gasteiger partial charge >= 0.3 is 0 Å². The van der Waals surface area contributed by atoms with Gasteiger partial charge in [-0.1, -0.05) is 83.3 Å². The molecule has 13 heteroatoms. The molecule has 0 saturated carbocycles. The van der Waals surface area contributed by atoms with Crippen molar-refractivity contribution in [1.82, 2.24) is 0 Å². The van der Waals surface area contributed by atoms with Crippen LogP contribution in [0.3, 0.4) is 0 Å². The number of nitrogens with one attached hydrogen (secondary N) is 1. The second kappa shape index (κ2) is 12.3. The summed E-state index contributed by atoms with van der Waals surface area (Å²) in [5.41, 5.74) is 3.72. The molecule has 0 aliphatic rings. The Balaban J connectivity index is 1.87. The monoisotopic (exact) mass is 619 g/mol. The fraction of sp³-hybridized carbons (Fsp3) is 0.240. The molecule has 204 valence electrons. The summed E-state index contributed by atoms with van der Waals surface area (Å²) in [5.74, 6) is -0.399. The Morgan fingerprint density at radius 1 is 0.842 bits per heavy atom. The average Bonchev–Trinajstić information content (AvgIpc) is 2.82. The molecule has 3 aromatic rings. The summed E-state index contributed by atoms with van der Waals surface area (Å²) < 4.78 is 53.7. The maximum atomic E-state index is 13.3. The maximum Gasteiger partial charge on any atom is 0.264 e. The number of carbonyl (C=O) groups is 1. The Bertz CT molecular complexity index is 1520. The quantitative estimate of drug-likeness (QED) is 0.237. The fourth-order valence-corrected chi connectivity index (χ4v) is 4.63. The average molecular weight is 621 g/mol. The van der Waals surface area contributed by atoms with E-state index in [9.17, 15) is 21.6 Å². The molecule has 0 aliphatic heterocycles. The SMILES string of the molecule is CS(=O)(=O)OCCc1cc(NC(=O)c2ccccc2-c2ccc(C(Cl)(Cl)Cl)cc2)ccc1COS(C)(=O)=O. The molecule has 0 atom stereocenters. The van der Waals surface area contributed by atoms with Crippen LogP contribution >= 0.6 is 34.8 Å². The van der Waals surface area contributed by atoms with Gasteiger partial charge in [-0.15, -0.1) is 0 Å². The fourth-order valence-electron chi connectivity index (χ4n) is 3.52. The lowest BCUT2D eigenvalue weighted by atomic mass is 9.98. The van der Waals surface area contributed by atoms with Crippen LogP contribution < -0.4 is 5.32 Å². The molecule has 0 aromatic heterocycles. The van der Waals surface area contributed by atoms with Crippen LogP contribution in [0.1, 0.15) is 27.0 Å². The molecule has 0 heterocycles. The third-order valence-electron chi connectivity index (χ3n) is 5.26. The Morgan fingerprint density at radius 2 is 1.47 bits per heavy atom. The van der Waals surface area contributed by atoms with Crippen LogP contribution in [-0.4, -0.2) is 41.9 Å². The summed E-state index contributed by atoms with van der Waals surface area (Å²) in [6.07, 6.45) is 1.99. The van der Waals surface area contributed by atoms with Crippen molar-refractivity contribution in [2.45, 2.75) is 16.8 Å². The number of carbonyl (C=O) groups excluding carboxylic acids is 1. The van der Waals surface area contributed by atoms with E-state index in [4.69, 9.17) is 43.2 Å². The molecular formula is C25H24Cl3NO7S2. The van der Waals surface area contributed by atoms with Crippen LogP contribution in [0.4, 0.5) is 5.69 Å². The molecule has 1 N–H and O–H groups in total. The van der Waals surface area contributed by atoms with Gasteiger partial charge in [0.25, 0.3) is 26.1 Å². The number of hydrogen-bond donors (Lipinski definition) is 1. The molecule has 1 amide bonds. The first-order chi connectivity index (χ1) is 17.6. The van der Waals surface area contributed by atoms with E-state index in [1.807, 2.05) is 0 Å². The van der Waals surface area contributed by atoms with Gasteiger partial charge in [0.2, 0.25) is 3.79 Å². The van der Waals surface area contributed by atoms with Gasteiger partial charge in [-0.05, 0) is 46.9 Å². The van der Waals surface area contributed by atoms with E-state index in [0.29, 0.717) is 33.5 Å². The minimum atomic E-state index is -3.71. The third kappa shape index (κ3) is 9.23. The van der Waals surface area contributed by atoms with Crippen LogP contribution in [0.2, 0.25) is 0 Å². The first-order valence-electron chi connectivity index (χ1n) is 11.0. The predicted octanol–water partition coefficient (Wildman–Crippen LogP) is 5.43. The lowest BCUT2D eigenvalue weighted by molar-refractivity contribution is 0.102. The van der Waals surface area contributed by atoms with Crippen LogP contribution in [0.15, 0.2) is 66.7 Å². The summed E-state index contributed by atoms with van der Waals surface area (Å²) in [6.45, 7) is -0.427. The number of hydrogen-bond acceptors (Lipinski definition) is 7. The van der Waals surface area contributed by atoms with Gasteiger partial charge in [0.15, 0.2) is 0 Å². The Morgan fingerprint density at radius 3 is 2.08 bits per heavy atom. The topological polar surface area (TPSA) is 116 Å². The number of alkyl halides is 3. The normalized spacial score (nSPS) is 12.3. The van der Waals surface area contributed by atoms with Crippen LogP contribution in [0, 0.1) is 0 Å². The van der Waals surface area contributed by atoms with Gasteiger partial charge < -0.3 is 5.32 Å². The van der Waals surface area contributed by atoms with E-state index in [1.165, 1.54) is 0 Å². The zero-order chi connectivity index (χ0) is 28.1. The van der Waals surface area contributed by atoms with Crippen molar-refractivity contribution in [1.29, 1.82) is 0 Å². The molecule has 0 spiro atoms. The van der Waals surface area contributed by atoms with Crippen molar-refractivity contribution >= 4 is 66.6 Å². The minimum absolute atomic E-state index is 0.130. The maximum absolute atomic E-state index is 13.3. The van der Waals surface area contributed by atoms with Crippen molar-refractivity contribution in [3.8, 4) is 11.1 Å². The molecule has 3 aromatic carbocycles. The highest BCUT2D eigenvalue weighted by atomic mass is 35.6. The summed E-state index contributed by atoms with van der Waals surface area (Å²) in [7, 11) is -7.38. The summed E-state index contributed by atoms with van der Waals surface area (Å²) in [4.78, 5) is 13.3. The molecule has 0 aliphatic carbocycles. The molecule has 0 fully saturated rings. The Kier molecular flexibility index (Phi) is 9.86. The molecule has 0 saturated heterocycles. The summed E-state index contributed by atoms with van der Waals surface area (Å²) in [5, 5.41) is 2.83. The summed E-state index contributed by atoms with van der Waals surface area (Å²) in [6, 6.07) is 18.6. The number of benzene rings is 3. The second-order valence-corrected chi connectivity index (χ2v) is 13.9. The number of amides is 1. The molecular weight excluding hydrogens is 597 g/mol. The van der Waals surface area contributed by atoms with E-state index in [-0.39, 0.29) is 19.6 Å². The lowest BCUT2D eigenvalue weighted by Gasteiger charge is -2.15. The van der Waals surface area contributed by atoms with E-state index >= 15 is 0 Å². The number of anilines is 1. The highest BCUT2D eigenvalue weighted by Crippen LogP contribution is 2.39. The van der Waals surface area contributed by atoms with E-state index in [1.54, 1.807) is 66.7 Å². The Hall–Kier alpha value is -2.18. The van der Waals surface area contributed by atoms with Gasteiger partial charge in [0.1, 0.15) is 0 Å². The lowest BCUT2D eigenvalue weighted by Crippen LogP contribution is -2.14. The van der Waals surface area contributed by atoms with Crippen LogP contribution in [0.25, 0.3) is 11.1 Å². The zero-order valence-corrected chi connectivity index (χ0v) is 24.2. The largest absolute Gasteiger partial charge is 0.322 e. The van der Waals surface area contributed by atoms with Gasteiger partial charge in [0.05, 0.1) is 25.7 Å². The van der Waals surface area contributed by atoms with Gasteiger partial charge in [-0.25, -0.2) is 0 Å². The highest BCUT2D eigenvalue weighted by Gasteiger charge is 2.23. The molecule has 38 heavy (non-hydrogen) atoms. The van der Waals surface area contributed by atoms with Crippen molar-refractivity contribution in [3.63, 3.8) is 0 Å². The molecule has 0 unspecified atom stereocenters. The van der Waals surface area contributed by atoms with Gasteiger partial charge in [-0.3, -0.25) is 13.2 Å². The summed E-state index contributed by atoms with van der Waals surface area (Å²) >= 11 is 17.8. The smallest absolute Gasteiger partial charge is 0.264 e.